The number of unbranched alkanes of at least 4 members (excludes halogenated alkanes) is 2. The fourth-order valence-electron chi connectivity index (χ4n) is 2.38. The first-order valence-corrected chi connectivity index (χ1v) is 8.74. The molecule has 0 aliphatic carbocycles. The van der Waals surface area contributed by atoms with Crippen LogP contribution in [0.1, 0.15) is 31.4 Å². The number of carbonyl (C=O) groups excluding carboxylic acids is 1. The van der Waals surface area contributed by atoms with Gasteiger partial charge in [0.1, 0.15) is 6.26 Å². The maximum atomic E-state index is 11.0. The first-order chi connectivity index (χ1) is 12.7. The van der Waals surface area contributed by atoms with Gasteiger partial charge in [0.2, 0.25) is 5.89 Å². The van der Waals surface area contributed by atoms with E-state index in [0.717, 1.165) is 37.1 Å². The predicted molar refractivity (Wildman–Crippen MR) is 116 cm³/mol. The molecule has 2 aromatic rings. The third-order valence-electron chi connectivity index (χ3n) is 3.81. The Hall–Kier alpha value is -2.10. The molecule has 27 heavy (non-hydrogen) atoms. The number of benzene rings is 1. The van der Waals surface area contributed by atoms with Gasteiger partial charge in [-0.05, 0) is 25.0 Å². The summed E-state index contributed by atoms with van der Waals surface area (Å²) in [5, 5.41) is 6.46. The van der Waals surface area contributed by atoms with Crippen molar-refractivity contribution in [1.82, 2.24) is 15.6 Å². The molecule has 148 valence electrons. The quantitative estimate of drug-likeness (QED) is 0.186. The Morgan fingerprint density at radius 3 is 2.67 bits per heavy atom. The van der Waals surface area contributed by atoms with E-state index in [1.165, 1.54) is 7.11 Å². The summed E-state index contributed by atoms with van der Waals surface area (Å²) in [6, 6.07) is 9.79. The van der Waals surface area contributed by atoms with Crippen molar-refractivity contribution in [3.8, 4) is 11.5 Å². The molecule has 0 amide bonds. The molecule has 0 spiro atoms. The van der Waals surface area contributed by atoms with E-state index in [9.17, 15) is 4.79 Å². The Balaban J connectivity index is 0.00000364. The minimum Gasteiger partial charge on any atom is -0.469 e. The van der Waals surface area contributed by atoms with Gasteiger partial charge in [-0.15, -0.1) is 24.0 Å². The number of nitrogens with zero attached hydrogens (tertiary/aromatic N) is 2. The largest absolute Gasteiger partial charge is 0.469 e. The number of carbonyl (C=O) groups is 1. The van der Waals surface area contributed by atoms with E-state index in [1.54, 1.807) is 13.3 Å². The number of rotatable bonds is 9. The van der Waals surface area contributed by atoms with Crippen LogP contribution in [0.25, 0.3) is 11.5 Å². The molecule has 0 radical (unpaired) electrons. The van der Waals surface area contributed by atoms with Crippen LogP contribution < -0.4 is 10.6 Å². The molecule has 8 heteroatoms. The number of esters is 1. The highest BCUT2D eigenvalue weighted by molar-refractivity contribution is 14.0. The monoisotopic (exact) mass is 486 g/mol. The Morgan fingerprint density at radius 2 is 1.96 bits per heavy atom. The number of oxazole rings is 1. The van der Waals surface area contributed by atoms with Crippen molar-refractivity contribution in [2.45, 2.75) is 32.2 Å². The lowest BCUT2D eigenvalue weighted by molar-refractivity contribution is -0.140. The van der Waals surface area contributed by atoms with Crippen molar-refractivity contribution in [2.75, 3.05) is 20.7 Å². The summed E-state index contributed by atoms with van der Waals surface area (Å²) in [7, 11) is 3.14. The van der Waals surface area contributed by atoms with Crippen LogP contribution in [0.15, 0.2) is 46.0 Å². The summed E-state index contributed by atoms with van der Waals surface area (Å²) in [4.78, 5) is 19.7. The average molecular weight is 486 g/mol. The maximum absolute atomic E-state index is 11.0. The van der Waals surface area contributed by atoms with E-state index < -0.39 is 0 Å². The number of nitrogens with one attached hydrogen (secondary N) is 2. The fourth-order valence-corrected chi connectivity index (χ4v) is 2.38. The molecule has 0 aliphatic rings. The molecule has 1 aromatic heterocycles. The van der Waals surface area contributed by atoms with Crippen LogP contribution in [0.5, 0.6) is 0 Å². The summed E-state index contributed by atoms with van der Waals surface area (Å²) < 4.78 is 10.1. The Kier molecular flexibility index (Phi) is 11.2. The third kappa shape index (κ3) is 8.42. The molecule has 1 aromatic carbocycles. The smallest absolute Gasteiger partial charge is 0.305 e. The van der Waals surface area contributed by atoms with Crippen molar-refractivity contribution in [3.63, 3.8) is 0 Å². The van der Waals surface area contributed by atoms with E-state index in [-0.39, 0.29) is 29.9 Å². The number of hydrogen-bond donors (Lipinski definition) is 2. The summed E-state index contributed by atoms with van der Waals surface area (Å²) in [5.41, 5.74) is 1.76. The molecule has 0 bridgehead atoms. The summed E-state index contributed by atoms with van der Waals surface area (Å²) >= 11 is 0. The second-order valence-electron chi connectivity index (χ2n) is 5.75. The zero-order chi connectivity index (χ0) is 18.6. The first-order valence-electron chi connectivity index (χ1n) is 8.74. The van der Waals surface area contributed by atoms with Crippen LogP contribution in [0.3, 0.4) is 0 Å². The van der Waals surface area contributed by atoms with Gasteiger partial charge in [0.05, 0.1) is 19.3 Å². The van der Waals surface area contributed by atoms with Gasteiger partial charge in [0.25, 0.3) is 0 Å². The van der Waals surface area contributed by atoms with Crippen LogP contribution in [0.2, 0.25) is 0 Å². The van der Waals surface area contributed by atoms with Gasteiger partial charge in [-0.2, -0.15) is 0 Å². The molecule has 0 atom stereocenters. The topological polar surface area (TPSA) is 88.8 Å². The van der Waals surface area contributed by atoms with E-state index in [2.05, 4.69) is 25.3 Å². The number of aliphatic imine (C=N–C) groups is 1. The van der Waals surface area contributed by atoms with Gasteiger partial charge in [-0.3, -0.25) is 9.79 Å². The van der Waals surface area contributed by atoms with Crippen LogP contribution in [-0.4, -0.2) is 37.6 Å². The number of halogens is 1. The molecule has 0 aliphatic heterocycles. The van der Waals surface area contributed by atoms with E-state index >= 15 is 0 Å². The van der Waals surface area contributed by atoms with Crippen LogP contribution in [0, 0.1) is 0 Å². The standard InChI is InChI=1S/C19H26N4O3.HI/c1-20-19(21-12-8-4-7-11-17(24)25-2)22-13-16-14-26-18(23-16)15-9-5-3-6-10-15;/h3,5-6,9-10,14H,4,7-8,11-13H2,1-2H3,(H2,20,21,22);1H. The van der Waals surface area contributed by atoms with Crippen molar-refractivity contribution in [3.05, 3.63) is 42.3 Å². The lowest BCUT2D eigenvalue weighted by Crippen LogP contribution is -2.37. The lowest BCUT2D eigenvalue weighted by Gasteiger charge is -2.10. The number of ether oxygens (including phenoxy) is 1. The minimum atomic E-state index is -0.155. The van der Waals surface area contributed by atoms with Crippen molar-refractivity contribution < 1.29 is 13.9 Å². The molecule has 7 nitrogen and oxygen atoms in total. The number of aromatic nitrogens is 1. The van der Waals surface area contributed by atoms with E-state index in [1.807, 2.05) is 30.3 Å². The molecule has 0 fully saturated rings. The van der Waals surface area contributed by atoms with Crippen LogP contribution in [0.4, 0.5) is 0 Å². The van der Waals surface area contributed by atoms with Crippen molar-refractivity contribution in [1.29, 1.82) is 0 Å². The van der Waals surface area contributed by atoms with Gasteiger partial charge >= 0.3 is 5.97 Å². The molecule has 0 saturated heterocycles. The second-order valence-corrected chi connectivity index (χ2v) is 5.75. The third-order valence-corrected chi connectivity index (χ3v) is 3.81. The van der Waals surface area contributed by atoms with Crippen molar-refractivity contribution in [2.24, 2.45) is 4.99 Å². The highest BCUT2D eigenvalue weighted by atomic mass is 127. The lowest BCUT2D eigenvalue weighted by atomic mass is 10.2. The Bertz CT molecular complexity index is 704. The van der Waals surface area contributed by atoms with E-state index in [4.69, 9.17) is 4.42 Å². The van der Waals surface area contributed by atoms with E-state index in [0.29, 0.717) is 24.8 Å². The van der Waals surface area contributed by atoms with Gasteiger partial charge < -0.3 is 19.8 Å². The van der Waals surface area contributed by atoms with Gasteiger partial charge in [0, 0.05) is 25.6 Å². The molecular weight excluding hydrogens is 459 g/mol. The zero-order valence-electron chi connectivity index (χ0n) is 15.7. The number of guanidine groups is 1. The molecular formula is C19H27IN4O3. The maximum Gasteiger partial charge on any atom is 0.305 e. The molecule has 2 rings (SSSR count). The SMILES string of the molecule is CN=C(NCCCCCC(=O)OC)NCc1coc(-c2ccccc2)n1.I. The minimum absolute atomic E-state index is 0. The summed E-state index contributed by atoms with van der Waals surface area (Å²) in [5.74, 6) is 1.16. The number of hydrogen-bond acceptors (Lipinski definition) is 5. The van der Waals surface area contributed by atoms with Gasteiger partial charge in [0.15, 0.2) is 5.96 Å². The molecule has 0 saturated carbocycles. The molecule has 0 unspecified atom stereocenters. The zero-order valence-corrected chi connectivity index (χ0v) is 18.1. The first kappa shape index (κ1) is 22.9. The van der Waals surface area contributed by atoms with Gasteiger partial charge in [-0.25, -0.2) is 4.98 Å². The molecule has 1 heterocycles. The highest BCUT2D eigenvalue weighted by Crippen LogP contribution is 2.17. The number of methoxy groups -OCH3 is 1. The average Bonchev–Trinajstić information content (AvgIpc) is 3.16. The molecule has 2 N–H and O–H groups in total. The van der Waals surface area contributed by atoms with Gasteiger partial charge in [-0.1, -0.05) is 24.6 Å². The Morgan fingerprint density at radius 1 is 1.19 bits per heavy atom. The van der Waals surface area contributed by atoms with Crippen LogP contribution in [-0.2, 0) is 16.1 Å². The predicted octanol–water partition coefficient (Wildman–Crippen LogP) is 3.36. The second kappa shape index (κ2) is 13.1. The normalized spacial score (nSPS) is 10.8. The fraction of sp³-hybridized carbons (Fsp3) is 0.421. The Labute approximate surface area is 177 Å². The van der Waals surface area contributed by atoms with Crippen LogP contribution >= 0.6 is 24.0 Å². The van der Waals surface area contributed by atoms with Crippen molar-refractivity contribution >= 4 is 35.9 Å². The highest BCUT2D eigenvalue weighted by Gasteiger charge is 2.07. The summed E-state index contributed by atoms with van der Waals surface area (Å²) in [6.07, 6.45) is 4.87. The summed E-state index contributed by atoms with van der Waals surface area (Å²) in [6.45, 7) is 1.31.